The van der Waals surface area contributed by atoms with Crippen molar-refractivity contribution in [1.82, 2.24) is 0 Å². The minimum absolute atomic E-state index is 0.347. The van der Waals surface area contributed by atoms with Gasteiger partial charge < -0.3 is 4.74 Å². The van der Waals surface area contributed by atoms with Crippen LogP contribution in [0, 0.1) is 0 Å². The highest BCUT2D eigenvalue weighted by atomic mass is 79.9. The fourth-order valence-corrected chi connectivity index (χ4v) is 1.47. The Bertz CT molecular complexity index is 245. The van der Waals surface area contributed by atoms with E-state index < -0.39 is 0 Å². The third kappa shape index (κ3) is 2.24. The van der Waals surface area contributed by atoms with Crippen molar-refractivity contribution in [3.8, 4) is 5.75 Å². The van der Waals surface area contributed by atoms with Crippen molar-refractivity contribution < 1.29 is 4.74 Å². The fourth-order valence-electron chi connectivity index (χ4n) is 1.10. The van der Waals surface area contributed by atoms with Gasteiger partial charge in [-0.2, -0.15) is 0 Å². The predicted octanol–water partition coefficient (Wildman–Crippen LogP) is 3.54. The number of ether oxygens (including phenoxy) is 1. The molecular formula is C10H13BrO. The highest BCUT2D eigenvalue weighted by Crippen LogP contribution is 2.30. The van der Waals surface area contributed by atoms with Crippen LogP contribution >= 0.6 is 15.9 Å². The molecule has 0 aliphatic rings. The molecule has 0 heterocycles. The minimum Gasteiger partial charge on any atom is -0.494 e. The molecule has 0 N–H and O–H groups in total. The van der Waals surface area contributed by atoms with Crippen molar-refractivity contribution in [1.29, 1.82) is 0 Å². The molecule has 0 aliphatic carbocycles. The summed E-state index contributed by atoms with van der Waals surface area (Å²) in [7, 11) is 0. The van der Waals surface area contributed by atoms with Gasteiger partial charge in [0.05, 0.1) is 6.61 Å². The van der Waals surface area contributed by atoms with Gasteiger partial charge in [0.1, 0.15) is 5.75 Å². The molecule has 0 fully saturated rings. The quantitative estimate of drug-likeness (QED) is 0.720. The number of hydrogen-bond donors (Lipinski definition) is 0. The Morgan fingerprint density at radius 3 is 2.67 bits per heavy atom. The molecule has 0 saturated heterocycles. The monoisotopic (exact) mass is 228 g/mol. The van der Waals surface area contributed by atoms with Crippen LogP contribution in [0.3, 0.4) is 0 Å². The van der Waals surface area contributed by atoms with E-state index in [4.69, 9.17) is 4.74 Å². The summed E-state index contributed by atoms with van der Waals surface area (Å²) < 4.78 is 5.47. The van der Waals surface area contributed by atoms with Crippen LogP contribution < -0.4 is 4.74 Å². The molecule has 0 saturated carbocycles. The van der Waals surface area contributed by atoms with Crippen LogP contribution in [0.5, 0.6) is 5.75 Å². The van der Waals surface area contributed by atoms with Gasteiger partial charge in [-0.25, -0.2) is 0 Å². The van der Waals surface area contributed by atoms with Crippen LogP contribution in [0.15, 0.2) is 24.3 Å². The van der Waals surface area contributed by atoms with Gasteiger partial charge in [0.25, 0.3) is 0 Å². The Hall–Kier alpha value is -0.500. The minimum atomic E-state index is 0.347. The fraction of sp³-hybridized carbons (Fsp3) is 0.400. The summed E-state index contributed by atoms with van der Waals surface area (Å²) >= 11 is 3.52. The Morgan fingerprint density at radius 1 is 1.42 bits per heavy atom. The predicted molar refractivity (Wildman–Crippen MR) is 55.0 cm³/mol. The molecule has 1 aromatic rings. The van der Waals surface area contributed by atoms with Gasteiger partial charge in [0, 0.05) is 10.4 Å². The molecule has 1 aromatic carbocycles. The normalized spacial score (nSPS) is 12.6. The van der Waals surface area contributed by atoms with Crippen molar-refractivity contribution in [3.05, 3.63) is 29.8 Å². The maximum atomic E-state index is 5.47. The van der Waals surface area contributed by atoms with Crippen LogP contribution in [0.25, 0.3) is 0 Å². The molecule has 1 unspecified atom stereocenters. The van der Waals surface area contributed by atoms with Gasteiger partial charge >= 0.3 is 0 Å². The van der Waals surface area contributed by atoms with Crippen LogP contribution in [-0.2, 0) is 0 Å². The summed E-state index contributed by atoms with van der Waals surface area (Å²) in [4.78, 5) is 0.347. The lowest BCUT2D eigenvalue weighted by atomic mass is 10.1. The average molecular weight is 229 g/mol. The Labute approximate surface area is 81.9 Å². The van der Waals surface area contributed by atoms with Crippen LogP contribution in [0.1, 0.15) is 24.2 Å². The maximum absolute atomic E-state index is 5.47. The topological polar surface area (TPSA) is 9.23 Å². The largest absolute Gasteiger partial charge is 0.494 e. The summed E-state index contributed by atoms with van der Waals surface area (Å²) in [5.41, 5.74) is 1.21. The van der Waals surface area contributed by atoms with Gasteiger partial charge in [-0.3, -0.25) is 0 Å². The molecule has 0 aliphatic heterocycles. The van der Waals surface area contributed by atoms with Gasteiger partial charge in [-0.15, -0.1) is 0 Å². The number of alkyl halides is 1. The Morgan fingerprint density at radius 2 is 2.08 bits per heavy atom. The summed E-state index contributed by atoms with van der Waals surface area (Å²) in [6.07, 6.45) is 0. The first kappa shape index (κ1) is 9.59. The number of para-hydroxylation sites is 1. The molecule has 1 nitrogen and oxygen atoms in total. The van der Waals surface area contributed by atoms with Gasteiger partial charge in [-0.05, 0) is 19.9 Å². The van der Waals surface area contributed by atoms with E-state index in [0.717, 1.165) is 12.4 Å². The van der Waals surface area contributed by atoms with E-state index in [1.54, 1.807) is 0 Å². The molecule has 0 spiro atoms. The summed E-state index contributed by atoms with van der Waals surface area (Å²) in [6.45, 7) is 4.81. The van der Waals surface area contributed by atoms with Crippen molar-refractivity contribution >= 4 is 15.9 Å². The van der Waals surface area contributed by atoms with Crippen molar-refractivity contribution in [2.45, 2.75) is 18.7 Å². The third-order valence-electron chi connectivity index (χ3n) is 1.65. The van der Waals surface area contributed by atoms with Crippen molar-refractivity contribution in [3.63, 3.8) is 0 Å². The number of rotatable bonds is 3. The molecule has 0 radical (unpaired) electrons. The highest BCUT2D eigenvalue weighted by molar-refractivity contribution is 9.09. The van der Waals surface area contributed by atoms with Gasteiger partial charge in [0.2, 0.25) is 0 Å². The first-order valence-corrected chi connectivity index (χ1v) is 5.03. The third-order valence-corrected chi connectivity index (χ3v) is 2.14. The smallest absolute Gasteiger partial charge is 0.123 e. The second-order valence-corrected chi connectivity index (χ2v) is 3.96. The van der Waals surface area contributed by atoms with E-state index in [1.807, 2.05) is 25.1 Å². The molecule has 0 aromatic heterocycles. The second-order valence-electron chi connectivity index (χ2n) is 2.59. The number of hydrogen-bond acceptors (Lipinski definition) is 1. The molecule has 1 atom stereocenters. The Balaban J connectivity index is 2.92. The van der Waals surface area contributed by atoms with Crippen LogP contribution in [0.4, 0.5) is 0 Å². The summed E-state index contributed by atoms with van der Waals surface area (Å²) in [5, 5.41) is 0. The molecule has 0 amide bonds. The van der Waals surface area contributed by atoms with E-state index in [-0.39, 0.29) is 0 Å². The van der Waals surface area contributed by atoms with Gasteiger partial charge in [0.15, 0.2) is 0 Å². The maximum Gasteiger partial charge on any atom is 0.123 e. The van der Waals surface area contributed by atoms with E-state index >= 15 is 0 Å². The highest BCUT2D eigenvalue weighted by Gasteiger charge is 2.06. The molecule has 1 rings (SSSR count). The molecule has 2 heteroatoms. The van der Waals surface area contributed by atoms with E-state index in [0.29, 0.717) is 4.83 Å². The van der Waals surface area contributed by atoms with E-state index in [1.165, 1.54) is 5.56 Å². The zero-order chi connectivity index (χ0) is 8.97. The van der Waals surface area contributed by atoms with Gasteiger partial charge in [-0.1, -0.05) is 34.1 Å². The van der Waals surface area contributed by atoms with Crippen LogP contribution in [0.2, 0.25) is 0 Å². The van der Waals surface area contributed by atoms with E-state index in [9.17, 15) is 0 Å². The summed E-state index contributed by atoms with van der Waals surface area (Å²) in [6, 6.07) is 8.08. The lowest BCUT2D eigenvalue weighted by molar-refractivity contribution is 0.337. The molecule has 66 valence electrons. The lowest BCUT2D eigenvalue weighted by Gasteiger charge is -2.10. The zero-order valence-corrected chi connectivity index (χ0v) is 8.97. The number of halogens is 1. The molecule has 0 bridgehead atoms. The SMILES string of the molecule is CCOc1ccccc1C(C)Br. The first-order valence-electron chi connectivity index (χ1n) is 4.11. The van der Waals surface area contributed by atoms with Crippen molar-refractivity contribution in [2.75, 3.05) is 6.61 Å². The second kappa shape index (κ2) is 4.51. The molecule has 12 heavy (non-hydrogen) atoms. The number of benzene rings is 1. The average Bonchev–Trinajstić information content (AvgIpc) is 2.05. The van der Waals surface area contributed by atoms with Crippen molar-refractivity contribution in [2.24, 2.45) is 0 Å². The standard InChI is InChI=1S/C10H13BrO/c1-3-12-10-7-5-4-6-9(10)8(2)11/h4-8H,3H2,1-2H3. The van der Waals surface area contributed by atoms with E-state index in [2.05, 4.69) is 28.9 Å². The Kier molecular flexibility index (Phi) is 3.60. The summed E-state index contributed by atoms with van der Waals surface area (Å²) in [5.74, 6) is 0.976. The molecular weight excluding hydrogens is 216 g/mol. The zero-order valence-electron chi connectivity index (χ0n) is 7.38. The van der Waals surface area contributed by atoms with Crippen LogP contribution in [-0.4, -0.2) is 6.61 Å². The first-order chi connectivity index (χ1) is 5.75. The lowest BCUT2D eigenvalue weighted by Crippen LogP contribution is -1.96.